The minimum absolute atomic E-state index is 0. The average Bonchev–Trinajstić information content (AvgIpc) is 0.918. The minimum Gasteiger partial charge on any atom is -0.463 e. The summed E-state index contributed by atoms with van der Waals surface area (Å²) in [6.45, 7) is 0. The molecule has 0 aromatic carbocycles. The highest BCUT2D eigenvalue weighted by atomic mass is 28.1. The van der Waals surface area contributed by atoms with Crippen LogP contribution in [0.4, 0.5) is 0 Å². The van der Waals surface area contributed by atoms with E-state index in [1.54, 1.807) is 0 Å². The molecule has 0 aliphatic heterocycles. The van der Waals surface area contributed by atoms with E-state index in [0.717, 1.165) is 0 Å². The molecule has 0 aliphatic carbocycles. The Hall–Kier alpha value is -0.563. The molecule has 0 atom stereocenters. The van der Waals surface area contributed by atoms with E-state index in [0.29, 0.717) is 0 Å². The van der Waals surface area contributed by atoms with Gasteiger partial charge in [-0.15, -0.1) is 0 Å². The SMILES string of the molecule is N#[N+][O-].[Si]. The number of hydrogen-bond acceptors (Lipinski definition) is 2. The maximum absolute atomic E-state index is 8.11. The van der Waals surface area contributed by atoms with Crippen molar-refractivity contribution in [1.82, 2.24) is 0 Å². The summed E-state index contributed by atoms with van der Waals surface area (Å²) < 4.78 is 0. The molecular formula is N2OSi. The van der Waals surface area contributed by atoms with Crippen LogP contribution in [-0.4, -0.2) is 11.0 Å². The normalized spacial score (nSPS) is 1.75. The Labute approximate surface area is 27.9 Å². The Balaban J connectivity index is 0. The van der Waals surface area contributed by atoms with Crippen molar-refractivity contribution in [3.63, 3.8) is 0 Å². The number of nitrogens with zero attached hydrogens (tertiary/aromatic N) is 2. The molecule has 0 bridgehead atoms. The molecule has 0 aromatic heterocycles. The molecule has 0 aromatic rings. The molecule has 0 unspecified atom stereocenters. The van der Waals surface area contributed by atoms with E-state index in [1.165, 1.54) is 5.14 Å². The van der Waals surface area contributed by atoms with E-state index < -0.39 is 0 Å². The highest BCUT2D eigenvalue weighted by Crippen LogP contribution is 1.32. The molecule has 0 saturated heterocycles. The summed E-state index contributed by atoms with van der Waals surface area (Å²) in [5.41, 5.74) is 0. The number of rotatable bonds is 0. The number of hydrogen-bond donors (Lipinski definition) is 0. The first-order valence-electron chi connectivity index (χ1n) is 0.383. The van der Waals surface area contributed by atoms with E-state index >= 15 is 0 Å². The predicted octanol–water partition coefficient (Wildman–Crippen LogP) is -0.0435. The van der Waals surface area contributed by atoms with Crippen molar-refractivity contribution >= 4 is 11.0 Å². The van der Waals surface area contributed by atoms with Crippen LogP contribution in [0.25, 0.3) is 5.14 Å². The fourth-order valence-electron chi connectivity index (χ4n) is 0. The van der Waals surface area contributed by atoms with Crippen molar-refractivity contribution in [3.05, 3.63) is 10.3 Å². The lowest BCUT2D eigenvalue weighted by atomic mass is 13.2. The van der Waals surface area contributed by atoms with Gasteiger partial charge in [0, 0.05) is 11.0 Å². The van der Waals surface area contributed by atoms with Gasteiger partial charge in [-0.05, 0) is 0 Å². The Kier molecular flexibility index (Phi) is 65.1. The molecular weight excluding hydrogens is 72.1 g/mol. The molecule has 0 rings (SSSR count). The van der Waals surface area contributed by atoms with Crippen LogP contribution >= 0.6 is 0 Å². The topological polar surface area (TPSA) is 51.2 Å². The third-order valence-corrected chi connectivity index (χ3v) is 0. The van der Waals surface area contributed by atoms with Crippen LogP contribution < -0.4 is 0 Å². The standard InChI is InChI=1S/N2O.Si/c1-2-3;. The van der Waals surface area contributed by atoms with Gasteiger partial charge in [0.05, 0.1) is 0 Å². The Morgan fingerprint density at radius 3 is 1.75 bits per heavy atom. The van der Waals surface area contributed by atoms with Crippen LogP contribution in [0.2, 0.25) is 0 Å². The summed E-state index contributed by atoms with van der Waals surface area (Å²) in [6.07, 6.45) is 0. The van der Waals surface area contributed by atoms with Gasteiger partial charge >= 0.3 is 0 Å². The Bertz CT molecular complexity index is 27.5. The molecule has 0 fully saturated rings. The lowest BCUT2D eigenvalue weighted by molar-refractivity contribution is 1.48. The quantitative estimate of drug-likeness (QED) is 0.229. The highest BCUT2D eigenvalue weighted by molar-refractivity contribution is 5.75. The third kappa shape index (κ3) is 0.865. The van der Waals surface area contributed by atoms with Gasteiger partial charge in [0.2, 0.25) is 10.5 Å². The average molecular weight is 72.1 g/mol. The summed E-state index contributed by atoms with van der Waals surface area (Å²) in [4.78, 5) is 0. The molecule has 4 heteroatoms. The van der Waals surface area contributed by atoms with Gasteiger partial charge in [-0.1, -0.05) is 0 Å². The van der Waals surface area contributed by atoms with Crippen molar-refractivity contribution in [1.29, 1.82) is 5.39 Å². The molecule has 4 heavy (non-hydrogen) atoms. The van der Waals surface area contributed by atoms with Gasteiger partial charge < -0.3 is 5.21 Å². The number of diazo groups is 1. The first-order valence-corrected chi connectivity index (χ1v) is 0.383. The van der Waals surface area contributed by atoms with Crippen molar-refractivity contribution in [2.24, 2.45) is 0 Å². The van der Waals surface area contributed by atoms with Gasteiger partial charge in [0.25, 0.3) is 0 Å². The van der Waals surface area contributed by atoms with Crippen molar-refractivity contribution in [2.45, 2.75) is 0 Å². The van der Waals surface area contributed by atoms with E-state index in [1.807, 2.05) is 0 Å². The van der Waals surface area contributed by atoms with Gasteiger partial charge in [0.15, 0.2) is 0 Å². The largest absolute Gasteiger partial charge is 0.463 e. The zero-order valence-electron chi connectivity index (χ0n) is 1.80. The van der Waals surface area contributed by atoms with E-state index in [2.05, 4.69) is 0 Å². The second-order valence-electron chi connectivity index (χ2n) is 0.0816. The summed E-state index contributed by atoms with van der Waals surface area (Å²) >= 11 is 0. The van der Waals surface area contributed by atoms with Crippen LogP contribution in [0, 0.1) is 10.6 Å². The summed E-state index contributed by atoms with van der Waals surface area (Å²) in [5, 5.41) is 16.0. The first kappa shape index (κ1) is 9.89. The lowest BCUT2D eigenvalue weighted by Gasteiger charge is -1.26. The van der Waals surface area contributed by atoms with Crippen LogP contribution in [0.15, 0.2) is 0 Å². The maximum atomic E-state index is 8.11. The fraction of sp³-hybridized carbons (Fsp3) is 0. The summed E-state index contributed by atoms with van der Waals surface area (Å²) in [5.74, 6) is 0. The van der Waals surface area contributed by atoms with Gasteiger partial charge in [-0.3, -0.25) is 0 Å². The molecule has 3 nitrogen and oxygen atoms in total. The zero-order valence-corrected chi connectivity index (χ0v) is 2.80. The lowest BCUT2D eigenvalue weighted by Crippen LogP contribution is -1.00. The minimum atomic E-state index is 0. The van der Waals surface area contributed by atoms with Crippen molar-refractivity contribution in [3.8, 4) is 0 Å². The van der Waals surface area contributed by atoms with Crippen LogP contribution in [0.1, 0.15) is 0 Å². The fourth-order valence-corrected chi connectivity index (χ4v) is 0. The Morgan fingerprint density at radius 1 is 1.75 bits per heavy atom. The van der Waals surface area contributed by atoms with Crippen molar-refractivity contribution < 1.29 is 0 Å². The molecule has 4 radical (unpaired) electrons. The van der Waals surface area contributed by atoms with Crippen LogP contribution in [-0.2, 0) is 0 Å². The molecule has 20 valence electrons. The van der Waals surface area contributed by atoms with Gasteiger partial charge in [-0.2, -0.15) is 0 Å². The smallest absolute Gasteiger partial charge is 0.237 e. The molecule has 0 amide bonds. The van der Waals surface area contributed by atoms with E-state index in [9.17, 15) is 0 Å². The van der Waals surface area contributed by atoms with Crippen LogP contribution in [0.3, 0.4) is 0 Å². The monoisotopic (exact) mass is 72.0 g/mol. The van der Waals surface area contributed by atoms with E-state index in [-0.39, 0.29) is 11.0 Å². The molecule has 0 heterocycles. The highest BCUT2D eigenvalue weighted by Gasteiger charge is 1.19. The van der Waals surface area contributed by atoms with Gasteiger partial charge in [-0.25, -0.2) is 0 Å². The summed E-state index contributed by atoms with van der Waals surface area (Å²) in [7, 11) is 0. The molecule has 0 saturated carbocycles. The Morgan fingerprint density at radius 2 is 1.75 bits per heavy atom. The molecule has 0 spiro atoms. The second-order valence-corrected chi connectivity index (χ2v) is 0.0816. The maximum Gasteiger partial charge on any atom is 0.237 e. The molecule has 0 N–H and O–H groups in total. The van der Waals surface area contributed by atoms with E-state index in [4.69, 9.17) is 10.6 Å². The molecule has 0 aliphatic rings. The first-order chi connectivity index (χ1) is 1.41. The second kappa shape index (κ2) is 26.4. The third-order valence-electron chi connectivity index (χ3n) is 0. The van der Waals surface area contributed by atoms with Crippen molar-refractivity contribution in [2.75, 3.05) is 0 Å². The van der Waals surface area contributed by atoms with Crippen LogP contribution in [0.5, 0.6) is 0 Å². The van der Waals surface area contributed by atoms with Gasteiger partial charge in [0.1, 0.15) is 0 Å². The zero-order chi connectivity index (χ0) is 2.71. The summed E-state index contributed by atoms with van der Waals surface area (Å²) in [6, 6.07) is 0. The predicted molar refractivity (Wildman–Crippen MR) is 14.2 cm³/mol.